The van der Waals surface area contributed by atoms with Gasteiger partial charge in [-0.05, 0) is 77.0 Å². The summed E-state index contributed by atoms with van der Waals surface area (Å²) in [5.41, 5.74) is 0. The smallest absolute Gasteiger partial charge is 0.306 e. The number of carbonyl (C=O) groups is 2. The fourth-order valence-corrected chi connectivity index (χ4v) is 7.69. The number of esters is 1. The first kappa shape index (κ1) is 64.3. The molecule has 1 heterocycles. The minimum Gasteiger partial charge on any atom is -0.454 e. The number of rotatable bonds is 43. The van der Waals surface area contributed by atoms with Gasteiger partial charge < -0.3 is 45.1 Å². The average molecular weight is 980 g/mol. The zero-order chi connectivity index (χ0) is 51.1. The number of amides is 1. The Labute approximate surface area is 424 Å². The first-order valence-electron chi connectivity index (χ1n) is 27.2. The molecule has 0 aromatic rings. The number of aliphatic hydroxyl groups excluding tert-OH is 5. The van der Waals surface area contributed by atoms with Crippen LogP contribution in [0.1, 0.15) is 188 Å². The van der Waals surface area contributed by atoms with Gasteiger partial charge in [0.25, 0.3) is 0 Å². The summed E-state index contributed by atoms with van der Waals surface area (Å²) >= 11 is 0. The third-order valence-corrected chi connectivity index (χ3v) is 12.0. The van der Waals surface area contributed by atoms with Crippen LogP contribution in [-0.2, 0) is 23.8 Å². The maximum absolute atomic E-state index is 13.3. The molecule has 6 N–H and O–H groups in total. The maximum atomic E-state index is 13.3. The number of hydrogen-bond donors (Lipinski definition) is 6. The minimum absolute atomic E-state index is 0.0183. The lowest BCUT2D eigenvalue weighted by molar-refractivity contribution is -0.305. The second-order valence-electron chi connectivity index (χ2n) is 18.3. The summed E-state index contributed by atoms with van der Waals surface area (Å²) in [6.45, 7) is 5.52. The summed E-state index contributed by atoms with van der Waals surface area (Å²) in [4.78, 5) is 26.4. The van der Waals surface area contributed by atoms with Gasteiger partial charge in [0.2, 0.25) is 5.91 Å². The van der Waals surface area contributed by atoms with E-state index in [2.05, 4.69) is 68.6 Å². The van der Waals surface area contributed by atoms with E-state index in [1.54, 1.807) is 6.08 Å². The molecule has 8 atom stereocenters. The molecule has 8 unspecified atom stereocenters. The molecule has 0 aromatic heterocycles. The van der Waals surface area contributed by atoms with Gasteiger partial charge in [0.1, 0.15) is 24.4 Å². The molecule has 0 spiro atoms. The van der Waals surface area contributed by atoms with Gasteiger partial charge in [-0.15, -0.1) is 0 Å². The minimum atomic E-state index is -1.65. The quantitative estimate of drug-likeness (QED) is 0.0149. The molecule has 0 radical (unpaired) electrons. The zero-order valence-electron chi connectivity index (χ0n) is 43.6. The summed E-state index contributed by atoms with van der Waals surface area (Å²) in [7, 11) is 0. The van der Waals surface area contributed by atoms with Crippen molar-refractivity contribution in [3.05, 3.63) is 109 Å². The van der Waals surface area contributed by atoms with Crippen LogP contribution in [0, 0.1) is 0 Å². The molecule has 70 heavy (non-hydrogen) atoms. The van der Waals surface area contributed by atoms with Crippen molar-refractivity contribution in [2.24, 2.45) is 0 Å². The number of hydrogen-bond acceptors (Lipinski definition) is 10. The molecule has 0 saturated carbocycles. The Bertz CT molecular complexity index is 1550. The van der Waals surface area contributed by atoms with Crippen molar-refractivity contribution in [1.82, 2.24) is 5.32 Å². The van der Waals surface area contributed by atoms with Gasteiger partial charge >= 0.3 is 5.97 Å². The Morgan fingerprint density at radius 3 is 1.69 bits per heavy atom. The van der Waals surface area contributed by atoms with E-state index in [1.807, 2.05) is 60.8 Å². The van der Waals surface area contributed by atoms with Crippen molar-refractivity contribution >= 4 is 11.9 Å². The molecule has 11 nitrogen and oxygen atoms in total. The van der Waals surface area contributed by atoms with Crippen molar-refractivity contribution in [2.45, 2.75) is 237 Å². The first-order chi connectivity index (χ1) is 34.2. The number of aliphatic hydroxyl groups is 5. The largest absolute Gasteiger partial charge is 0.454 e. The van der Waals surface area contributed by atoms with Crippen LogP contribution in [0.15, 0.2) is 109 Å². The van der Waals surface area contributed by atoms with E-state index in [0.717, 1.165) is 70.6 Å². The Balaban J connectivity index is 2.83. The molecular formula is C59H97NO10. The van der Waals surface area contributed by atoms with Gasteiger partial charge in [-0.1, -0.05) is 214 Å². The van der Waals surface area contributed by atoms with E-state index >= 15 is 0 Å². The molecule has 1 rings (SSSR count). The van der Waals surface area contributed by atoms with Crippen molar-refractivity contribution in [3.63, 3.8) is 0 Å². The second kappa shape index (κ2) is 46.4. The van der Waals surface area contributed by atoms with Crippen LogP contribution in [-0.4, -0.2) is 99.6 Å². The van der Waals surface area contributed by atoms with Gasteiger partial charge in [-0.2, -0.15) is 0 Å². The highest BCUT2D eigenvalue weighted by molar-refractivity contribution is 5.80. The number of ether oxygens (including phenoxy) is 3. The van der Waals surface area contributed by atoms with E-state index < -0.39 is 67.4 Å². The molecule has 0 aromatic carbocycles. The van der Waals surface area contributed by atoms with Crippen LogP contribution in [0.2, 0.25) is 0 Å². The number of unbranched alkanes of at least 4 members (excludes halogenated alkanes) is 17. The maximum Gasteiger partial charge on any atom is 0.306 e. The number of carbonyl (C=O) groups excluding carboxylic acids is 2. The third-order valence-electron chi connectivity index (χ3n) is 12.0. The van der Waals surface area contributed by atoms with Gasteiger partial charge in [-0.25, -0.2) is 0 Å². The summed E-state index contributed by atoms with van der Waals surface area (Å²) < 4.78 is 17.4. The van der Waals surface area contributed by atoms with Crippen LogP contribution < -0.4 is 5.32 Å². The van der Waals surface area contributed by atoms with E-state index in [0.29, 0.717) is 19.3 Å². The second-order valence-corrected chi connectivity index (χ2v) is 18.3. The summed E-state index contributed by atoms with van der Waals surface area (Å²) in [5.74, 6) is -1.31. The normalized spacial score (nSPS) is 20.6. The topological polar surface area (TPSA) is 175 Å². The standard InChI is InChI=1S/C59H97NO10/c1-4-7-10-13-16-19-22-25-26-27-29-31-34-37-40-43-46-52(63)58(67)60-50(51(62)45-42-39-36-33-30-24-21-18-15-12-9-6-3)49-68-59-57(56(66)55(65)53(48-61)69-59)70-54(64)47-44-41-38-35-32-28-23-20-17-14-11-8-5-2/h8,11,14,16-17,19-20,23,25-26,28-29,31-32,35,38,42,45,50-53,55-57,59,61-63,65-66H,4-7,9-10,12-13,15,18,21-22,24,27,30,33-34,36-37,39-41,43-44,46-49H2,1-3H3,(H,60,67)/b11-8+,17-14+,19-16-,23-20-,26-25-,31-29-,32-28-,38-35+,45-42+. The van der Waals surface area contributed by atoms with E-state index in [4.69, 9.17) is 14.2 Å². The summed E-state index contributed by atoms with van der Waals surface area (Å²) in [6, 6.07) is -1.06. The van der Waals surface area contributed by atoms with Gasteiger partial charge in [0.15, 0.2) is 12.4 Å². The number of allylic oxidation sites excluding steroid dienone is 17. The molecule has 0 bridgehead atoms. The molecule has 1 amide bonds. The highest BCUT2D eigenvalue weighted by atomic mass is 16.7. The monoisotopic (exact) mass is 980 g/mol. The van der Waals surface area contributed by atoms with Crippen molar-refractivity contribution in [3.8, 4) is 0 Å². The van der Waals surface area contributed by atoms with Crippen LogP contribution in [0.4, 0.5) is 0 Å². The summed E-state index contributed by atoms with van der Waals surface area (Å²) in [5, 5.41) is 56.6. The van der Waals surface area contributed by atoms with Gasteiger partial charge in [0, 0.05) is 6.42 Å². The molecular weight excluding hydrogens is 883 g/mol. The lowest BCUT2D eigenvalue weighted by atomic mass is 9.99. The zero-order valence-corrected chi connectivity index (χ0v) is 43.6. The summed E-state index contributed by atoms with van der Waals surface area (Å²) in [6.07, 6.45) is 51.4. The molecule has 1 fully saturated rings. The molecule has 1 saturated heterocycles. The Kier molecular flexibility index (Phi) is 42.6. The predicted octanol–water partition coefficient (Wildman–Crippen LogP) is 11.8. The average Bonchev–Trinajstić information content (AvgIpc) is 3.36. The highest BCUT2D eigenvalue weighted by Crippen LogP contribution is 2.26. The third kappa shape index (κ3) is 34.6. The highest BCUT2D eigenvalue weighted by Gasteiger charge is 2.47. The van der Waals surface area contributed by atoms with Crippen LogP contribution >= 0.6 is 0 Å². The van der Waals surface area contributed by atoms with Crippen LogP contribution in [0.25, 0.3) is 0 Å². The molecule has 0 aliphatic carbocycles. The lowest BCUT2D eigenvalue weighted by Gasteiger charge is -2.41. The number of nitrogens with one attached hydrogen (secondary N) is 1. The SMILES string of the molecule is CC/C=C/C=C/C=C\C=C/C=C/CCCC(=O)OC1C(OCC(NC(=O)C(O)CCCCC/C=C\C/C=C\C/C=C\CCCCC)C(O)/C=C/CCCCCCCCCCCC)OC(CO)C(O)C1O. The Morgan fingerprint density at radius 1 is 0.586 bits per heavy atom. The predicted molar refractivity (Wildman–Crippen MR) is 287 cm³/mol. The van der Waals surface area contributed by atoms with Crippen LogP contribution in [0.3, 0.4) is 0 Å². The molecule has 1 aliphatic rings. The van der Waals surface area contributed by atoms with Crippen LogP contribution in [0.5, 0.6) is 0 Å². The fourth-order valence-electron chi connectivity index (χ4n) is 7.69. The fraction of sp³-hybridized carbons (Fsp3) is 0.661. The molecule has 398 valence electrons. The van der Waals surface area contributed by atoms with Gasteiger partial charge in [-0.3, -0.25) is 9.59 Å². The van der Waals surface area contributed by atoms with E-state index in [1.165, 1.54) is 64.2 Å². The van der Waals surface area contributed by atoms with Crippen molar-refractivity contribution in [1.29, 1.82) is 0 Å². The van der Waals surface area contributed by atoms with E-state index in [-0.39, 0.29) is 19.4 Å². The van der Waals surface area contributed by atoms with Gasteiger partial charge in [0.05, 0.1) is 25.4 Å². The van der Waals surface area contributed by atoms with E-state index in [9.17, 15) is 35.1 Å². The molecule has 1 aliphatic heterocycles. The molecule has 11 heteroatoms. The Morgan fingerprint density at radius 2 is 1.09 bits per heavy atom. The van der Waals surface area contributed by atoms with Crippen molar-refractivity contribution in [2.75, 3.05) is 13.2 Å². The lowest BCUT2D eigenvalue weighted by Crippen LogP contribution is -2.61. The van der Waals surface area contributed by atoms with Crippen molar-refractivity contribution < 1.29 is 49.3 Å². The Hall–Kier alpha value is -3.68. The first-order valence-corrected chi connectivity index (χ1v) is 27.2.